The zero-order chi connectivity index (χ0) is 14.4. The summed E-state index contributed by atoms with van der Waals surface area (Å²) in [5.41, 5.74) is 5.95. The Labute approximate surface area is 125 Å². The molecule has 0 aliphatic carbocycles. The summed E-state index contributed by atoms with van der Waals surface area (Å²) in [4.78, 5) is 24.8. The fraction of sp³-hybridized carbons (Fsp3) is 0.143. The van der Waals surface area contributed by atoms with Crippen molar-refractivity contribution in [1.29, 1.82) is 0 Å². The Morgan fingerprint density at radius 1 is 1.20 bits per heavy atom. The monoisotopic (exact) mass is 306 g/mol. The Kier molecular flexibility index (Phi) is 5.20. The van der Waals surface area contributed by atoms with Gasteiger partial charge in [0, 0.05) is 4.90 Å². The number of benzene rings is 1. The van der Waals surface area contributed by atoms with Crippen LogP contribution in [0.4, 0.5) is 0 Å². The van der Waals surface area contributed by atoms with E-state index in [1.54, 1.807) is 12.1 Å². The first kappa shape index (κ1) is 14.6. The Morgan fingerprint density at radius 2 is 2.05 bits per heavy atom. The van der Waals surface area contributed by atoms with Crippen molar-refractivity contribution in [3.8, 4) is 0 Å². The number of thiophene rings is 1. The predicted molar refractivity (Wildman–Crippen MR) is 81.8 cm³/mol. The topological polar surface area (TPSA) is 58.2 Å². The summed E-state index contributed by atoms with van der Waals surface area (Å²) < 4.78 is 0. The summed E-state index contributed by atoms with van der Waals surface area (Å²) in [5, 5.41) is 1.81. The second kappa shape index (κ2) is 7.12. The third-order valence-electron chi connectivity index (χ3n) is 2.42. The maximum Gasteiger partial charge on any atom is 0.279 e. The Hall–Kier alpha value is -1.79. The second-order valence-electron chi connectivity index (χ2n) is 4.08. The van der Waals surface area contributed by atoms with Gasteiger partial charge in [-0.15, -0.1) is 23.1 Å². The first-order chi connectivity index (χ1) is 9.65. The van der Waals surface area contributed by atoms with Crippen molar-refractivity contribution in [2.45, 2.75) is 11.8 Å². The summed E-state index contributed by atoms with van der Waals surface area (Å²) in [6.45, 7) is 2.01. The minimum absolute atomic E-state index is 0.235. The van der Waals surface area contributed by atoms with Crippen molar-refractivity contribution in [2.75, 3.05) is 5.75 Å². The Morgan fingerprint density at radius 3 is 2.75 bits per heavy atom. The number of aryl methyl sites for hydroxylation is 1. The van der Waals surface area contributed by atoms with E-state index in [1.165, 1.54) is 23.1 Å². The maximum atomic E-state index is 11.6. The number of hydrogen-bond donors (Lipinski definition) is 2. The van der Waals surface area contributed by atoms with Crippen molar-refractivity contribution in [1.82, 2.24) is 10.9 Å². The van der Waals surface area contributed by atoms with Gasteiger partial charge < -0.3 is 0 Å². The molecule has 0 saturated carbocycles. The van der Waals surface area contributed by atoms with Crippen LogP contribution in [0.25, 0.3) is 0 Å². The van der Waals surface area contributed by atoms with Gasteiger partial charge in [0.05, 0.1) is 10.6 Å². The summed E-state index contributed by atoms with van der Waals surface area (Å²) >= 11 is 2.76. The lowest BCUT2D eigenvalue weighted by atomic mass is 10.2. The minimum Gasteiger partial charge on any atom is -0.272 e. The van der Waals surface area contributed by atoms with Gasteiger partial charge in [0.15, 0.2) is 0 Å². The van der Waals surface area contributed by atoms with Gasteiger partial charge in [-0.1, -0.05) is 23.8 Å². The first-order valence-corrected chi connectivity index (χ1v) is 7.84. The molecule has 6 heteroatoms. The number of rotatable bonds is 4. The van der Waals surface area contributed by atoms with E-state index in [0.717, 1.165) is 10.5 Å². The van der Waals surface area contributed by atoms with E-state index < -0.39 is 0 Å². The van der Waals surface area contributed by atoms with Gasteiger partial charge in [0.1, 0.15) is 0 Å². The fourth-order valence-electron chi connectivity index (χ4n) is 1.49. The molecule has 0 unspecified atom stereocenters. The largest absolute Gasteiger partial charge is 0.279 e. The van der Waals surface area contributed by atoms with Crippen molar-refractivity contribution in [3.05, 3.63) is 52.2 Å². The molecule has 20 heavy (non-hydrogen) atoms. The van der Waals surface area contributed by atoms with Crippen LogP contribution in [0.5, 0.6) is 0 Å². The highest BCUT2D eigenvalue weighted by Crippen LogP contribution is 2.18. The van der Waals surface area contributed by atoms with E-state index in [-0.39, 0.29) is 17.6 Å². The molecule has 2 aromatic rings. The number of hydrazine groups is 1. The van der Waals surface area contributed by atoms with Gasteiger partial charge in [-0.05, 0) is 30.5 Å². The number of thioether (sulfide) groups is 1. The van der Waals surface area contributed by atoms with Crippen LogP contribution in [0, 0.1) is 6.92 Å². The highest BCUT2D eigenvalue weighted by molar-refractivity contribution is 8.00. The molecule has 0 spiro atoms. The molecule has 2 amide bonds. The summed E-state index contributed by atoms with van der Waals surface area (Å²) in [7, 11) is 0. The van der Waals surface area contributed by atoms with Crippen LogP contribution < -0.4 is 10.9 Å². The average Bonchev–Trinajstić information content (AvgIpc) is 2.97. The number of nitrogens with one attached hydrogen (secondary N) is 2. The van der Waals surface area contributed by atoms with Gasteiger partial charge in [0.2, 0.25) is 5.91 Å². The SMILES string of the molecule is Cc1cccc(SCC(=O)NNC(=O)c2cccs2)c1. The predicted octanol–water partition coefficient (Wildman–Crippen LogP) is 2.61. The molecule has 0 aliphatic rings. The molecule has 2 N–H and O–H groups in total. The molecule has 0 atom stereocenters. The van der Waals surface area contributed by atoms with Crippen molar-refractivity contribution in [3.63, 3.8) is 0 Å². The molecule has 1 heterocycles. The second-order valence-corrected chi connectivity index (χ2v) is 6.08. The first-order valence-electron chi connectivity index (χ1n) is 5.97. The van der Waals surface area contributed by atoms with Crippen molar-refractivity contribution in [2.24, 2.45) is 0 Å². The quantitative estimate of drug-likeness (QED) is 0.674. The van der Waals surface area contributed by atoms with Gasteiger partial charge >= 0.3 is 0 Å². The lowest BCUT2D eigenvalue weighted by molar-refractivity contribution is -0.119. The molecular formula is C14H14N2O2S2. The van der Waals surface area contributed by atoms with Crippen LogP contribution in [0.1, 0.15) is 15.2 Å². The number of carbonyl (C=O) groups is 2. The third kappa shape index (κ3) is 4.40. The van der Waals surface area contributed by atoms with Crippen LogP contribution >= 0.6 is 23.1 Å². The summed E-state index contributed by atoms with van der Waals surface area (Å²) in [6.07, 6.45) is 0. The molecule has 0 saturated heterocycles. The molecule has 1 aromatic carbocycles. The van der Waals surface area contributed by atoms with Gasteiger partial charge in [-0.25, -0.2) is 0 Å². The van der Waals surface area contributed by atoms with E-state index in [9.17, 15) is 9.59 Å². The van der Waals surface area contributed by atoms with Crippen LogP contribution in [0.3, 0.4) is 0 Å². The molecule has 0 fully saturated rings. The smallest absolute Gasteiger partial charge is 0.272 e. The van der Waals surface area contributed by atoms with E-state index >= 15 is 0 Å². The zero-order valence-corrected chi connectivity index (χ0v) is 12.5. The Balaban J connectivity index is 1.74. The molecule has 104 valence electrons. The molecule has 0 aliphatic heterocycles. The van der Waals surface area contributed by atoms with Crippen LogP contribution in [0.15, 0.2) is 46.7 Å². The summed E-state index contributed by atoms with van der Waals surface area (Å²) in [6, 6.07) is 11.4. The lowest BCUT2D eigenvalue weighted by Gasteiger charge is -2.06. The number of hydrogen-bond acceptors (Lipinski definition) is 4. The van der Waals surface area contributed by atoms with E-state index in [0.29, 0.717) is 4.88 Å². The standard InChI is InChI=1S/C14H14N2O2S2/c1-10-4-2-5-11(8-10)20-9-13(17)15-16-14(18)12-6-3-7-19-12/h2-8H,9H2,1H3,(H,15,17)(H,16,18). The fourth-order valence-corrected chi connectivity index (χ4v) is 2.92. The highest BCUT2D eigenvalue weighted by atomic mass is 32.2. The summed E-state index contributed by atoms with van der Waals surface area (Å²) in [5.74, 6) is -0.274. The van der Waals surface area contributed by atoms with Crippen LogP contribution in [-0.4, -0.2) is 17.6 Å². The van der Waals surface area contributed by atoms with Gasteiger partial charge in [0.25, 0.3) is 5.91 Å². The average molecular weight is 306 g/mol. The highest BCUT2D eigenvalue weighted by Gasteiger charge is 2.08. The molecule has 4 nitrogen and oxygen atoms in total. The Bertz CT molecular complexity index is 597. The normalized spacial score (nSPS) is 10.1. The van der Waals surface area contributed by atoms with Gasteiger partial charge in [-0.3, -0.25) is 20.4 Å². The van der Waals surface area contributed by atoms with E-state index in [1.807, 2.05) is 36.6 Å². The molecule has 2 rings (SSSR count). The number of carbonyl (C=O) groups excluding carboxylic acids is 2. The third-order valence-corrected chi connectivity index (χ3v) is 4.28. The molecular weight excluding hydrogens is 292 g/mol. The number of amides is 2. The molecule has 1 aromatic heterocycles. The van der Waals surface area contributed by atoms with Crippen LogP contribution in [0.2, 0.25) is 0 Å². The maximum absolute atomic E-state index is 11.6. The molecule has 0 bridgehead atoms. The van der Waals surface area contributed by atoms with Crippen LogP contribution in [-0.2, 0) is 4.79 Å². The zero-order valence-electron chi connectivity index (χ0n) is 10.9. The van der Waals surface area contributed by atoms with Crippen molar-refractivity contribution < 1.29 is 9.59 Å². The minimum atomic E-state index is -0.297. The molecule has 0 radical (unpaired) electrons. The van der Waals surface area contributed by atoms with E-state index in [2.05, 4.69) is 10.9 Å². The van der Waals surface area contributed by atoms with Gasteiger partial charge in [-0.2, -0.15) is 0 Å². The van der Waals surface area contributed by atoms with E-state index in [4.69, 9.17) is 0 Å². The lowest BCUT2D eigenvalue weighted by Crippen LogP contribution is -2.42. The van der Waals surface area contributed by atoms with Crippen molar-refractivity contribution >= 4 is 34.9 Å².